The van der Waals surface area contributed by atoms with Crippen LogP contribution in [0.15, 0.2) is 0 Å². The molecule has 5 heteroatoms. The third kappa shape index (κ3) is 10.8. The zero-order chi connectivity index (χ0) is 5.21. The molecule has 3 nitrogen and oxygen atoms in total. The topological polar surface area (TPSA) is 54.4 Å². The Kier molecular flexibility index (Phi) is 5.72. The van der Waals surface area contributed by atoms with Gasteiger partial charge in [-0.1, -0.05) is 0 Å². The summed E-state index contributed by atoms with van der Waals surface area (Å²) >= 11 is 0. The van der Waals surface area contributed by atoms with Gasteiger partial charge in [0, 0.05) is 0 Å². The van der Waals surface area contributed by atoms with Gasteiger partial charge in [-0.05, 0) is 6.92 Å². The van der Waals surface area contributed by atoms with Crippen molar-refractivity contribution in [2.45, 2.75) is 6.92 Å². The van der Waals surface area contributed by atoms with E-state index in [0.717, 1.165) is 0 Å². The van der Waals surface area contributed by atoms with E-state index in [2.05, 4.69) is 0 Å². The molecule has 44 valence electrons. The van der Waals surface area contributed by atoms with Crippen LogP contribution in [0.25, 0.3) is 0 Å². The van der Waals surface area contributed by atoms with E-state index in [1.165, 1.54) is 6.92 Å². The summed E-state index contributed by atoms with van der Waals surface area (Å²) in [5.74, 6) is -0.201. The van der Waals surface area contributed by atoms with Crippen LogP contribution in [0.4, 0.5) is 0 Å². The molecule has 0 saturated heterocycles. The molecule has 0 aromatic carbocycles. The van der Waals surface area contributed by atoms with Crippen LogP contribution in [-0.2, 0) is 10.1 Å². The number of rotatable bonds is 1. The summed E-state index contributed by atoms with van der Waals surface area (Å²) in [5, 5.41) is 0. The van der Waals surface area contributed by atoms with E-state index >= 15 is 0 Å². The monoisotopic (exact) mass is 228 g/mol. The maximum atomic E-state index is 9.56. The van der Waals surface area contributed by atoms with Crippen molar-refractivity contribution in [1.82, 2.24) is 0 Å². The van der Waals surface area contributed by atoms with Gasteiger partial charge in [-0.25, -0.2) is 0 Å². The van der Waals surface area contributed by atoms with Crippen LogP contribution >= 0.6 is 0 Å². The third-order valence-corrected chi connectivity index (χ3v) is 1.09. The summed E-state index contributed by atoms with van der Waals surface area (Å²) in [6.45, 7) is 1.37. The zero-order valence-electron chi connectivity index (χ0n) is 3.38. The molecule has 7 heavy (non-hydrogen) atoms. The molecule has 0 heterocycles. The van der Waals surface area contributed by atoms with Crippen LogP contribution in [0.1, 0.15) is 6.92 Å². The molecule has 0 amide bonds. The van der Waals surface area contributed by atoms with E-state index in [-0.39, 0.29) is 31.6 Å². The first-order valence-corrected chi connectivity index (χ1v) is 3.12. The van der Waals surface area contributed by atoms with E-state index < -0.39 is 10.1 Å². The van der Waals surface area contributed by atoms with Gasteiger partial charge in [0.1, 0.15) is 0 Å². The van der Waals surface area contributed by atoms with Gasteiger partial charge in [0.2, 0.25) is 0 Å². The molecule has 1 N–H and O–H groups in total. The Bertz CT molecular complexity index is 115. The Morgan fingerprint density at radius 2 is 1.71 bits per heavy atom. The van der Waals surface area contributed by atoms with Crippen LogP contribution in [0, 0.1) is 0 Å². The Morgan fingerprint density at radius 3 is 1.71 bits per heavy atom. The van der Waals surface area contributed by atoms with E-state index in [9.17, 15) is 8.42 Å². The molecule has 0 aliphatic rings. The van der Waals surface area contributed by atoms with Gasteiger partial charge in [0.15, 0.2) is 0 Å². The van der Waals surface area contributed by atoms with Crippen LogP contribution in [0.2, 0.25) is 0 Å². The number of hydrogen-bond donors (Lipinski definition) is 1. The fraction of sp³-hybridized carbons (Fsp3) is 1.00. The van der Waals surface area contributed by atoms with Crippen LogP contribution in [-0.4, -0.2) is 44.6 Å². The van der Waals surface area contributed by atoms with E-state index in [1.54, 1.807) is 0 Å². The van der Waals surface area contributed by atoms with Crippen molar-refractivity contribution in [2.75, 3.05) is 5.75 Å². The predicted molar refractivity (Wildman–Crippen MR) is 32.0 cm³/mol. The first-order chi connectivity index (χ1) is 2.56. The Balaban J connectivity index is 0. The van der Waals surface area contributed by atoms with Crippen molar-refractivity contribution >= 4 is 36.0 Å². The molecule has 0 unspecified atom stereocenters. The molecule has 0 spiro atoms. The normalized spacial score (nSPS) is 10.0. The molecular weight excluding hydrogens is 219 g/mol. The van der Waals surface area contributed by atoms with Gasteiger partial charge >= 0.3 is 25.8 Å². The van der Waals surface area contributed by atoms with Crippen LogP contribution < -0.4 is 0 Å². The second-order valence-corrected chi connectivity index (χ2v) is 2.61. The summed E-state index contributed by atoms with van der Waals surface area (Å²) in [6.07, 6.45) is 0. The fourth-order valence-corrected chi connectivity index (χ4v) is 0. The molecule has 0 atom stereocenters. The van der Waals surface area contributed by atoms with Crippen LogP contribution in [0.3, 0.4) is 0 Å². The van der Waals surface area contributed by atoms with Gasteiger partial charge < -0.3 is 0 Å². The van der Waals surface area contributed by atoms with Crippen molar-refractivity contribution in [3.8, 4) is 0 Å². The average molecular weight is 228 g/mol. The standard InChI is InChI=1S/C2H6O3S.In.3H/c1-2-6(3,4)5;;;;/h2H2,1H3,(H,3,4,5);;;;. The summed E-state index contributed by atoms with van der Waals surface area (Å²) in [5.41, 5.74) is 0. The molecule has 0 saturated carbocycles. The van der Waals surface area contributed by atoms with Gasteiger partial charge in [-0.3, -0.25) is 4.55 Å². The van der Waals surface area contributed by atoms with Gasteiger partial charge in [0.25, 0.3) is 10.1 Å². The second-order valence-electron chi connectivity index (χ2n) is 0.871. The van der Waals surface area contributed by atoms with Gasteiger partial charge in [0.05, 0.1) is 5.75 Å². The summed E-state index contributed by atoms with van der Waals surface area (Å²) in [7, 11) is -3.66. The van der Waals surface area contributed by atoms with E-state index in [1.807, 2.05) is 0 Å². The molecule has 0 aromatic heterocycles. The predicted octanol–water partition coefficient (Wildman–Crippen LogP) is -1.29. The Labute approximate surface area is 61.6 Å². The fourth-order valence-electron chi connectivity index (χ4n) is 0. The molecule has 0 aliphatic heterocycles. The molecule has 0 radical (unpaired) electrons. The third-order valence-electron chi connectivity index (χ3n) is 0.365. The molecule has 0 bridgehead atoms. The van der Waals surface area contributed by atoms with Crippen molar-refractivity contribution < 1.29 is 13.0 Å². The zero-order valence-corrected chi connectivity index (χ0v) is 4.20. The van der Waals surface area contributed by atoms with E-state index in [0.29, 0.717) is 0 Å². The molecule has 0 rings (SSSR count). The minimum absolute atomic E-state index is 0. The average Bonchev–Trinajstić information content (AvgIpc) is 1.35. The Hall–Kier alpha value is 0.780. The maximum absolute atomic E-state index is 9.56. The summed E-state index contributed by atoms with van der Waals surface area (Å²) in [4.78, 5) is 0. The molecule has 0 aromatic rings. The van der Waals surface area contributed by atoms with Crippen molar-refractivity contribution in [3.63, 3.8) is 0 Å². The Morgan fingerprint density at radius 1 is 1.57 bits per heavy atom. The SMILES string of the molecule is CCS(=O)(=O)O.[InH3]. The second kappa shape index (κ2) is 3.74. The molecular formula is C2H9InO3S. The van der Waals surface area contributed by atoms with Gasteiger partial charge in [-0.2, -0.15) is 8.42 Å². The quantitative estimate of drug-likeness (QED) is 0.568. The van der Waals surface area contributed by atoms with Crippen molar-refractivity contribution in [3.05, 3.63) is 0 Å². The number of hydrogen-bond acceptors (Lipinski definition) is 2. The first kappa shape index (κ1) is 10.7. The minimum atomic E-state index is -3.66. The van der Waals surface area contributed by atoms with Crippen molar-refractivity contribution in [2.24, 2.45) is 0 Å². The van der Waals surface area contributed by atoms with Crippen molar-refractivity contribution in [1.29, 1.82) is 0 Å². The molecule has 0 fully saturated rings. The van der Waals surface area contributed by atoms with Crippen LogP contribution in [0.5, 0.6) is 0 Å². The first-order valence-electron chi connectivity index (χ1n) is 1.51. The summed E-state index contributed by atoms with van der Waals surface area (Å²) in [6, 6.07) is 0. The van der Waals surface area contributed by atoms with E-state index in [4.69, 9.17) is 4.55 Å². The summed E-state index contributed by atoms with van der Waals surface area (Å²) < 4.78 is 26.9. The van der Waals surface area contributed by atoms with Gasteiger partial charge in [-0.15, -0.1) is 0 Å². The molecule has 0 aliphatic carbocycles.